The van der Waals surface area contributed by atoms with Gasteiger partial charge in [0, 0.05) is 55.7 Å². The smallest absolute Gasteiger partial charge is 0.412 e. The Morgan fingerprint density at radius 2 is 1.74 bits per heavy atom. The molecule has 0 radical (unpaired) electrons. The number of carbonyl (C=O) groups excluding carboxylic acids is 2. The van der Waals surface area contributed by atoms with Crippen molar-refractivity contribution in [3.8, 4) is 10.4 Å². The highest BCUT2D eigenvalue weighted by atomic mass is 32.1. The van der Waals surface area contributed by atoms with Crippen LogP contribution in [0, 0.1) is 0 Å². The molecule has 0 aliphatic carbocycles. The van der Waals surface area contributed by atoms with Gasteiger partial charge in [0.25, 0.3) is 5.91 Å². The number of para-hydroxylation sites is 1. The van der Waals surface area contributed by atoms with E-state index < -0.39 is 11.7 Å². The van der Waals surface area contributed by atoms with Gasteiger partial charge in [0.2, 0.25) is 0 Å². The second-order valence-electron chi connectivity index (χ2n) is 12.7. The lowest BCUT2D eigenvalue weighted by Crippen LogP contribution is -2.46. The number of piperazine rings is 1. The van der Waals surface area contributed by atoms with Gasteiger partial charge in [-0.2, -0.15) is 5.10 Å². The molecule has 244 valence electrons. The number of aryl methyl sites for hydroxylation is 1. The van der Waals surface area contributed by atoms with Crippen LogP contribution in [0.5, 0.6) is 0 Å². The van der Waals surface area contributed by atoms with E-state index in [1.165, 1.54) is 10.9 Å². The monoisotopic (exact) mass is 651 g/mol. The fraction of sp³-hybridized carbons (Fsp3) is 0.333. The molecular formula is C36H41N7O3S. The summed E-state index contributed by atoms with van der Waals surface area (Å²) < 4.78 is 7.57. The second-order valence-corrected chi connectivity index (χ2v) is 13.6. The van der Waals surface area contributed by atoms with Crippen LogP contribution in [-0.4, -0.2) is 63.4 Å². The van der Waals surface area contributed by atoms with Gasteiger partial charge in [0.15, 0.2) is 0 Å². The highest BCUT2D eigenvalue weighted by molar-refractivity contribution is 7.13. The van der Waals surface area contributed by atoms with E-state index in [9.17, 15) is 9.59 Å². The molecule has 0 saturated carbocycles. The van der Waals surface area contributed by atoms with Crippen LogP contribution < -0.4 is 15.5 Å². The van der Waals surface area contributed by atoms with E-state index in [-0.39, 0.29) is 5.91 Å². The summed E-state index contributed by atoms with van der Waals surface area (Å²) in [6, 6.07) is 21.7. The fourth-order valence-corrected chi connectivity index (χ4v) is 6.43. The number of ether oxygens (including phenoxy) is 1. The van der Waals surface area contributed by atoms with Gasteiger partial charge in [-0.05, 0) is 74.5 Å². The van der Waals surface area contributed by atoms with Gasteiger partial charge in [-0.25, -0.2) is 9.78 Å². The first-order chi connectivity index (χ1) is 22.7. The molecule has 47 heavy (non-hydrogen) atoms. The number of amides is 2. The predicted octanol–water partition coefficient (Wildman–Crippen LogP) is 7.49. The average molecular weight is 652 g/mol. The summed E-state index contributed by atoms with van der Waals surface area (Å²) in [5.74, 6) is 0.519. The van der Waals surface area contributed by atoms with Crippen molar-refractivity contribution in [1.29, 1.82) is 0 Å². The number of nitrogens with zero attached hydrogens (tertiary/aromatic N) is 5. The van der Waals surface area contributed by atoms with Crippen molar-refractivity contribution in [1.82, 2.24) is 19.7 Å². The van der Waals surface area contributed by atoms with E-state index in [1.807, 2.05) is 35.7 Å². The molecule has 0 atom stereocenters. The van der Waals surface area contributed by atoms with Crippen molar-refractivity contribution >= 4 is 51.4 Å². The number of benzene rings is 2. The van der Waals surface area contributed by atoms with Gasteiger partial charge in [0.1, 0.15) is 11.4 Å². The SMILES string of the molecule is CCCn1nc(CN2CCN(c3ccc(C(=O)Nc4cc(-c5cccs5)ccc4NC(=O)OC(C)(C)C)cn3)CC2)c2ccccc21. The first-order valence-electron chi connectivity index (χ1n) is 16.0. The molecular weight excluding hydrogens is 611 g/mol. The second kappa shape index (κ2) is 13.9. The molecule has 5 aromatic rings. The number of anilines is 3. The molecule has 3 aromatic heterocycles. The Morgan fingerprint density at radius 1 is 0.936 bits per heavy atom. The van der Waals surface area contributed by atoms with Gasteiger partial charge >= 0.3 is 6.09 Å². The molecule has 4 heterocycles. The molecule has 1 saturated heterocycles. The van der Waals surface area contributed by atoms with Crippen molar-refractivity contribution < 1.29 is 14.3 Å². The maximum absolute atomic E-state index is 13.4. The number of rotatable bonds is 9. The first-order valence-corrected chi connectivity index (χ1v) is 16.9. The molecule has 1 aliphatic rings. The minimum absolute atomic E-state index is 0.320. The first kappa shape index (κ1) is 32.2. The molecule has 0 spiro atoms. The third-order valence-corrected chi connectivity index (χ3v) is 8.88. The van der Waals surface area contributed by atoms with Crippen molar-refractivity contribution in [3.05, 3.63) is 89.6 Å². The molecule has 2 amide bonds. The Morgan fingerprint density at radius 3 is 2.45 bits per heavy atom. The number of thiophene rings is 1. The van der Waals surface area contributed by atoms with E-state index in [0.29, 0.717) is 16.9 Å². The van der Waals surface area contributed by atoms with Crippen LogP contribution in [0.1, 0.15) is 50.2 Å². The molecule has 6 rings (SSSR count). The largest absolute Gasteiger partial charge is 0.444 e. The van der Waals surface area contributed by atoms with Crippen molar-refractivity contribution in [2.45, 2.75) is 52.8 Å². The summed E-state index contributed by atoms with van der Waals surface area (Å²) in [5.41, 5.74) is 3.94. The highest BCUT2D eigenvalue weighted by Gasteiger charge is 2.22. The third kappa shape index (κ3) is 7.81. The van der Waals surface area contributed by atoms with Gasteiger partial charge in [-0.15, -0.1) is 11.3 Å². The van der Waals surface area contributed by atoms with Gasteiger partial charge in [-0.3, -0.25) is 19.7 Å². The maximum atomic E-state index is 13.4. The Labute approximate surface area is 279 Å². The number of aromatic nitrogens is 3. The molecule has 0 unspecified atom stereocenters. The van der Waals surface area contributed by atoms with Crippen LogP contribution in [-0.2, 0) is 17.8 Å². The summed E-state index contributed by atoms with van der Waals surface area (Å²) in [6.07, 6.45) is 2.06. The molecule has 1 fully saturated rings. The van der Waals surface area contributed by atoms with E-state index in [1.54, 1.807) is 50.4 Å². The van der Waals surface area contributed by atoms with Gasteiger partial charge in [-0.1, -0.05) is 37.3 Å². The summed E-state index contributed by atoms with van der Waals surface area (Å²) in [5, 5.41) is 13.9. The predicted molar refractivity (Wildman–Crippen MR) is 189 cm³/mol. The number of pyridine rings is 1. The van der Waals surface area contributed by atoms with E-state index in [4.69, 9.17) is 9.84 Å². The molecule has 2 N–H and O–H groups in total. The Bertz CT molecular complexity index is 1840. The minimum Gasteiger partial charge on any atom is -0.444 e. The van der Waals surface area contributed by atoms with Crippen LogP contribution in [0.2, 0.25) is 0 Å². The number of hydrogen-bond donors (Lipinski definition) is 2. The molecule has 0 bridgehead atoms. The molecule has 1 aliphatic heterocycles. The fourth-order valence-electron chi connectivity index (χ4n) is 5.71. The van der Waals surface area contributed by atoms with Gasteiger partial charge < -0.3 is 15.0 Å². The molecule has 2 aromatic carbocycles. The van der Waals surface area contributed by atoms with Crippen LogP contribution in [0.4, 0.5) is 22.0 Å². The molecule has 11 heteroatoms. The van der Waals surface area contributed by atoms with Crippen LogP contribution in [0.15, 0.2) is 78.3 Å². The van der Waals surface area contributed by atoms with Crippen LogP contribution >= 0.6 is 11.3 Å². The van der Waals surface area contributed by atoms with E-state index in [0.717, 1.165) is 67.6 Å². The normalized spacial score (nSPS) is 13.9. The quantitative estimate of drug-likeness (QED) is 0.170. The zero-order valence-electron chi connectivity index (χ0n) is 27.3. The van der Waals surface area contributed by atoms with E-state index in [2.05, 4.69) is 61.3 Å². The topological polar surface area (TPSA) is 105 Å². The maximum Gasteiger partial charge on any atom is 0.412 e. The number of fused-ring (bicyclic) bond motifs is 1. The third-order valence-electron chi connectivity index (χ3n) is 7.96. The Kier molecular flexibility index (Phi) is 9.55. The van der Waals surface area contributed by atoms with Crippen LogP contribution in [0.3, 0.4) is 0 Å². The van der Waals surface area contributed by atoms with Crippen molar-refractivity contribution in [2.24, 2.45) is 0 Å². The Balaban J connectivity index is 1.10. The summed E-state index contributed by atoms with van der Waals surface area (Å²) in [7, 11) is 0. The zero-order chi connectivity index (χ0) is 33.0. The lowest BCUT2D eigenvalue weighted by Gasteiger charge is -2.35. The highest BCUT2D eigenvalue weighted by Crippen LogP contribution is 2.32. The summed E-state index contributed by atoms with van der Waals surface area (Å²) in [6.45, 7) is 12.8. The lowest BCUT2D eigenvalue weighted by molar-refractivity contribution is 0.0635. The minimum atomic E-state index is -0.655. The van der Waals surface area contributed by atoms with Gasteiger partial charge in [0.05, 0.1) is 28.1 Å². The van der Waals surface area contributed by atoms with Crippen LogP contribution in [0.25, 0.3) is 21.3 Å². The average Bonchev–Trinajstić information content (AvgIpc) is 3.71. The number of hydrogen-bond acceptors (Lipinski definition) is 8. The number of carbonyl (C=O) groups is 2. The molecule has 10 nitrogen and oxygen atoms in total. The van der Waals surface area contributed by atoms with Crippen molar-refractivity contribution in [2.75, 3.05) is 41.7 Å². The van der Waals surface area contributed by atoms with E-state index >= 15 is 0 Å². The summed E-state index contributed by atoms with van der Waals surface area (Å²) >= 11 is 1.60. The lowest BCUT2D eigenvalue weighted by atomic mass is 10.1. The standard InChI is InChI=1S/C36H41N7O3S/c1-5-16-43-31-10-7-6-9-27(31)30(40-43)24-41-17-19-42(20-18-41)33-15-13-26(23-37-33)34(44)38-29-22-25(32-11-8-21-47-32)12-14-28(29)39-35(45)46-36(2,3)4/h6-15,21-23H,5,16-20,24H2,1-4H3,(H,38,44)(H,39,45). The summed E-state index contributed by atoms with van der Waals surface area (Å²) in [4.78, 5) is 36.4. The number of nitrogens with one attached hydrogen (secondary N) is 2. The Hall–Kier alpha value is -4.74. The zero-order valence-corrected chi connectivity index (χ0v) is 28.1. The van der Waals surface area contributed by atoms with Crippen molar-refractivity contribution in [3.63, 3.8) is 0 Å².